The van der Waals surface area contributed by atoms with Crippen LogP contribution in [0.2, 0.25) is 0 Å². The maximum absolute atomic E-state index is 10.5. The Morgan fingerprint density at radius 1 is 0.900 bits per heavy atom. The zero-order valence-corrected chi connectivity index (χ0v) is 12.3. The molecular formula is C14H22O5S. The fourth-order valence-corrected chi connectivity index (χ4v) is 2.19. The first-order chi connectivity index (χ1) is 9.58. The minimum absolute atomic E-state index is 0.198. The van der Waals surface area contributed by atoms with E-state index < -0.39 is 10.1 Å². The van der Waals surface area contributed by atoms with Gasteiger partial charge in [0, 0.05) is 19.8 Å². The fourth-order valence-electron chi connectivity index (χ4n) is 1.62. The summed E-state index contributed by atoms with van der Waals surface area (Å²) < 4.78 is 40.3. The monoisotopic (exact) mass is 302 g/mol. The highest BCUT2D eigenvalue weighted by Gasteiger charge is 2.02. The van der Waals surface area contributed by atoms with Gasteiger partial charge >= 0.3 is 0 Å². The SMILES string of the molecule is O=S(=O)(O)CCCCOCCCOCc1ccccc1. The molecule has 1 aromatic carbocycles. The first-order valence-corrected chi connectivity index (χ1v) is 8.33. The van der Waals surface area contributed by atoms with Crippen LogP contribution in [0.25, 0.3) is 0 Å². The molecule has 1 aromatic rings. The Hall–Kier alpha value is -0.950. The predicted octanol–water partition coefficient (Wildman–Crippen LogP) is 2.28. The molecule has 0 spiro atoms. The molecule has 6 heteroatoms. The molecule has 0 unspecified atom stereocenters. The van der Waals surface area contributed by atoms with E-state index in [1.807, 2.05) is 30.3 Å². The quantitative estimate of drug-likeness (QED) is 0.501. The second kappa shape index (κ2) is 9.88. The summed E-state index contributed by atoms with van der Waals surface area (Å²) in [4.78, 5) is 0. The normalized spacial score (nSPS) is 11.7. The van der Waals surface area contributed by atoms with Crippen LogP contribution >= 0.6 is 0 Å². The van der Waals surface area contributed by atoms with E-state index in [9.17, 15) is 8.42 Å². The molecule has 0 saturated heterocycles. The number of benzene rings is 1. The van der Waals surface area contributed by atoms with Crippen LogP contribution in [0, 0.1) is 0 Å². The van der Waals surface area contributed by atoms with Gasteiger partial charge in [0.2, 0.25) is 0 Å². The molecule has 0 bridgehead atoms. The van der Waals surface area contributed by atoms with Crippen molar-refractivity contribution in [3.05, 3.63) is 35.9 Å². The number of hydrogen-bond acceptors (Lipinski definition) is 4. The van der Waals surface area contributed by atoms with Crippen LogP contribution < -0.4 is 0 Å². The minimum atomic E-state index is -3.83. The van der Waals surface area contributed by atoms with Gasteiger partial charge in [-0.05, 0) is 24.8 Å². The second-order valence-corrected chi connectivity index (χ2v) is 6.07. The molecule has 5 nitrogen and oxygen atoms in total. The Kier molecular flexibility index (Phi) is 8.45. The van der Waals surface area contributed by atoms with Gasteiger partial charge in [-0.15, -0.1) is 0 Å². The molecule has 0 heterocycles. The van der Waals surface area contributed by atoms with Crippen LogP contribution in [-0.2, 0) is 26.2 Å². The van der Waals surface area contributed by atoms with Gasteiger partial charge in [-0.1, -0.05) is 30.3 Å². The van der Waals surface area contributed by atoms with Crippen LogP contribution in [0.5, 0.6) is 0 Å². The Balaban J connectivity index is 1.86. The molecule has 0 atom stereocenters. The zero-order chi connectivity index (χ0) is 14.7. The minimum Gasteiger partial charge on any atom is -0.381 e. The lowest BCUT2D eigenvalue weighted by atomic mass is 10.2. The van der Waals surface area contributed by atoms with E-state index >= 15 is 0 Å². The second-order valence-electron chi connectivity index (χ2n) is 4.50. The zero-order valence-electron chi connectivity index (χ0n) is 11.5. The molecular weight excluding hydrogens is 280 g/mol. The Morgan fingerprint density at radius 2 is 1.55 bits per heavy atom. The highest BCUT2D eigenvalue weighted by Crippen LogP contribution is 2.01. The maximum atomic E-state index is 10.5. The maximum Gasteiger partial charge on any atom is 0.264 e. The van der Waals surface area contributed by atoms with E-state index in [-0.39, 0.29) is 5.75 Å². The lowest BCUT2D eigenvalue weighted by molar-refractivity contribution is 0.0748. The molecule has 0 amide bonds. The molecule has 0 fully saturated rings. The van der Waals surface area contributed by atoms with Gasteiger partial charge in [-0.2, -0.15) is 8.42 Å². The molecule has 0 aromatic heterocycles. The molecule has 1 N–H and O–H groups in total. The van der Waals surface area contributed by atoms with Crippen molar-refractivity contribution in [2.45, 2.75) is 25.9 Å². The van der Waals surface area contributed by atoms with Crippen molar-refractivity contribution < 1.29 is 22.4 Å². The van der Waals surface area contributed by atoms with Crippen molar-refractivity contribution in [3.8, 4) is 0 Å². The fraction of sp³-hybridized carbons (Fsp3) is 0.571. The standard InChI is InChI=1S/C14H22O5S/c15-20(16,17)12-5-4-9-18-10-6-11-19-13-14-7-2-1-3-8-14/h1-3,7-8H,4-6,9-13H2,(H,15,16,17). The summed E-state index contributed by atoms with van der Waals surface area (Å²) in [7, 11) is -3.83. The van der Waals surface area contributed by atoms with Crippen molar-refractivity contribution in [1.29, 1.82) is 0 Å². The van der Waals surface area contributed by atoms with Crippen molar-refractivity contribution in [2.75, 3.05) is 25.6 Å². The molecule has 0 aliphatic rings. The highest BCUT2D eigenvalue weighted by molar-refractivity contribution is 7.85. The summed E-state index contributed by atoms with van der Waals surface area (Å²) in [5.74, 6) is -0.198. The summed E-state index contributed by atoms with van der Waals surface area (Å²) in [5.41, 5.74) is 1.15. The number of ether oxygens (including phenoxy) is 2. The lowest BCUT2D eigenvalue weighted by Crippen LogP contribution is -2.06. The average Bonchev–Trinajstić information content (AvgIpc) is 2.41. The van der Waals surface area contributed by atoms with Gasteiger partial charge in [-0.3, -0.25) is 4.55 Å². The largest absolute Gasteiger partial charge is 0.381 e. The van der Waals surface area contributed by atoms with Crippen LogP contribution in [-0.4, -0.2) is 38.5 Å². The average molecular weight is 302 g/mol. The van der Waals surface area contributed by atoms with Crippen molar-refractivity contribution >= 4 is 10.1 Å². The van der Waals surface area contributed by atoms with Crippen molar-refractivity contribution in [2.24, 2.45) is 0 Å². The molecule has 0 aliphatic carbocycles. The molecule has 1 rings (SSSR count). The van der Waals surface area contributed by atoms with Gasteiger partial charge in [0.25, 0.3) is 10.1 Å². The van der Waals surface area contributed by atoms with Gasteiger partial charge in [0.05, 0.1) is 12.4 Å². The number of unbranched alkanes of at least 4 members (excludes halogenated alkanes) is 1. The van der Waals surface area contributed by atoms with Crippen molar-refractivity contribution in [3.63, 3.8) is 0 Å². The summed E-state index contributed by atoms with van der Waals surface area (Å²) in [5, 5.41) is 0. The molecule has 114 valence electrons. The summed E-state index contributed by atoms with van der Waals surface area (Å²) in [6.07, 6.45) is 1.86. The van der Waals surface area contributed by atoms with E-state index in [1.165, 1.54) is 0 Å². The number of rotatable bonds is 11. The van der Waals surface area contributed by atoms with Crippen LogP contribution in [0.1, 0.15) is 24.8 Å². The summed E-state index contributed by atoms with van der Waals surface area (Å²) in [6.45, 7) is 2.35. The molecule has 0 saturated carbocycles. The van der Waals surface area contributed by atoms with Gasteiger partial charge < -0.3 is 9.47 Å². The van der Waals surface area contributed by atoms with E-state index in [0.29, 0.717) is 39.3 Å². The van der Waals surface area contributed by atoms with Gasteiger partial charge in [0.1, 0.15) is 0 Å². The van der Waals surface area contributed by atoms with Crippen LogP contribution in [0.4, 0.5) is 0 Å². The summed E-state index contributed by atoms with van der Waals surface area (Å²) in [6, 6.07) is 9.97. The third-order valence-corrected chi connectivity index (χ3v) is 3.43. The van der Waals surface area contributed by atoms with Crippen molar-refractivity contribution in [1.82, 2.24) is 0 Å². The van der Waals surface area contributed by atoms with E-state index in [0.717, 1.165) is 12.0 Å². The topological polar surface area (TPSA) is 72.8 Å². The first kappa shape index (κ1) is 17.1. The highest BCUT2D eigenvalue weighted by atomic mass is 32.2. The van der Waals surface area contributed by atoms with Gasteiger partial charge in [0.15, 0.2) is 0 Å². The third-order valence-electron chi connectivity index (χ3n) is 2.63. The molecule has 0 aliphatic heterocycles. The first-order valence-electron chi connectivity index (χ1n) is 6.72. The van der Waals surface area contributed by atoms with E-state index in [2.05, 4.69) is 0 Å². The summed E-state index contributed by atoms with van der Waals surface area (Å²) >= 11 is 0. The third kappa shape index (κ3) is 9.91. The Bertz CT molecular complexity index is 444. The van der Waals surface area contributed by atoms with E-state index in [1.54, 1.807) is 0 Å². The molecule has 0 radical (unpaired) electrons. The Labute approximate surface area is 120 Å². The Morgan fingerprint density at radius 3 is 2.25 bits per heavy atom. The van der Waals surface area contributed by atoms with Gasteiger partial charge in [-0.25, -0.2) is 0 Å². The van der Waals surface area contributed by atoms with Crippen LogP contribution in [0.15, 0.2) is 30.3 Å². The predicted molar refractivity (Wildman–Crippen MR) is 77.2 cm³/mol. The molecule has 20 heavy (non-hydrogen) atoms. The lowest BCUT2D eigenvalue weighted by Gasteiger charge is -2.05. The number of hydrogen-bond donors (Lipinski definition) is 1. The smallest absolute Gasteiger partial charge is 0.264 e. The van der Waals surface area contributed by atoms with Crippen LogP contribution in [0.3, 0.4) is 0 Å². The van der Waals surface area contributed by atoms with E-state index in [4.69, 9.17) is 14.0 Å².